The molecular formula is C50H59N9O7S2. The number of aliphatic hydroxyl groups is 1. The van der Waals surface area contributed by atoms with Gasteiger partial charge in [-0.3, -0.25) is 19.2 Å². The van der Waals surface area contributed by atoms with Crippen LogP contribution in [-0.2, 0) is 43.6 Å². The van der Waals surface area contributed by atoms with Crippen LogP contribution in [0.25, 0.3) is 20.9 Å². The van der Waals surface area contributed by atoms with Crippen molar-refractivity contribution in [2.45, 2.75) is 117 Å². The molecule has 4 N–H and O–H groups in total. The first-order valence-electron chi connectivity index (χ1n) is 23.1. The maximum Gasteiger partial charge on any atom is 0.243 e. The Labute approximate surface area is 404 Å². The van der Waals surface area contributed by atoms with Gasteiger partial charge in [-0.05, 0) is 54.9 Å². The number of oxazole rings is 1. The van der Waals surface area contributed by atoms with E-state index < -0.39 is 36.1 Å². The smallest absolute Gasteiger partial charge is 0.243 e. The number of aromatic nitrogens is 5. The van der Waals surface area contributed by atoms with Gasteiger partial charge in [0.2, 0.25) is 29.5 Å². The first-order chi connectivity index (χ1) is 32.6. The van der Waals surface area contributed by atoms with Crippen LogP contribution >= 0.6 is 22.7 Å². The van der Waals surface area contributed by atoms with Gasteiger partial charge in [0, 0.05) is 50.9 Å². The van der Waals surface area contributed by atoms with Gasteiger partial charge in [-0.25, -0.2) is 19.9 Å². The summed E-state index contributed by atoms with van der Waals surface area (Å²) >= 11 is 3.16. The molecule has 68 heavy (non-hydrogen) atoms. The molecule has 0 bridgehead atoms. The molecule has 6 heterocycles. The maximum absolute atomic E-state index is 14.4. The molecule has 358 valence electrons. The van der Waals surface area contributed by atoms with Gasteiger partial charge >= 0.3 is 0 Å². The predicted octanol–water partition coefficient (Wildman–Crippen LogP) is 6.83. The zero-order valence-corrected chi connectivity index (χ0v) is 41.0. The second-order valence-corrected chi connectivity index (χ2v) is 20.2. The van der Waals surface area contributed by atoms with E-state index in [0.717, 1.165) is 43.4 Å². The molecule has 0 aliphatic carbocycles. The predicted molar refractivity (Wildman–Crippen MR) is 258 cm³/mol. The number of aromatic amines is 1. The van der Waals surface area contributed by atoms with Crippen molar-refractivity contribution in [2.75, 3.05) is 13.1 Å². The van der Waals surface area contributed by atoms with Gasteiger partial charge in [0.05, 0.1) is 56.0 Å². The number of H-pyrrole nitrogens is 1. The van der Waals surface area contributed by atoms with E-state index in [1.807, 2.05) is 101 Å². The van der Waals surface area contributed by atoms with E-state index in [9.17, 15) is 24.3 Å². The Kier molecular flexibility index (Phi) is 15.0. The molecule has 4 amide bonds. The Bertz CT molecular complexity index is 2710. The highest BCUT2D eigenvalue weighted by Crippen LogP contribution is 2.34. The lowest BCUT2D eigenvalue weighted by atomic mass is 9.91. The molecule has 0 radical (unpaired) electrons. The molecule has 2 aromatic carbocycles. The van der Waals surface area contributed by atoms with E-state index in [-0.39, 0.29) is 81.1 Å². The van der Waals surface area contributed by atoms with Gasteiger partial charge in [-0.15, -0.1) is 22.7 Å². The van der Waals surface area contributed by atoms with Crippen molar-refractivity contribution in [2.24, 2.45) is 11.8 Å². The number of benzene rings is 2. The molecule has 6 aromatic rings. The summed E-state index contributed by atoms with van der Waals surface area (Å²) < 4.78 is 12.1. The SMILES string of the molecule is Cc1coc([C@H](C(=O)N2C[C@H](OCc3ncc([C@H](C(=O)N4C[C@H](O)C[C@H]4C(=O)NCc4ccc(-c5scnc5C)cc4)C(C)C)[nH]3)C[C@H]2C(=O)NCc2ccc(-c3scnc3C)cc2)C(C)C)n1. The molecule has 2 aliphatic rings. The number of hydrogen-bond donors (Lipinski definition) is 4. The normalized spacial score (nSPS) is 19.2. The minimum Gasteiger partial charge on any atom is -0.448 e. The third-order valence-corrected chi connectivity index (χ3v) is 14.7. The van der Waals surface area contributed by atoms with Crippen molar-refractivity contribution in [1.82, 2.24) is 45.4 Å². The zero-order valence-electron chi connectivity index (χ0n) is 39.4. The summed E-state index contributed by atoms with van der Waals surface area (Å²) in [6, 6.07) is 14.3. The van der Waals surface area contributed by atoms with Crippen molar-refractivity contribution in [1.29, 1.82) is 0 Å². The van der Waals surface area contributed by atoms with Gasteiger partial charge < -0.3 is 39.7 Å². The molecule has 2 aliphatic heterocycles. The average molecular weight is 962 g/mol. The summed E-state index contributed by atoms with van der Waals surface area (Å²) in [7, 11) is 0. The Morgan fingerprint density at radius 2 is 1.29 bits per heavy atom. The summed E-state index contributed by atoms with van der Waals surface area (Å²) in [6.07, 6.45) is 2.14. The standard InChI is InChI=1S/C50H59N9O7S2/c1-27(2)42(49(63)58-21-36(60)16-39(58)46(61)52-18-32-8-12-34(13-9-32)44-30(6)54-25-67-44)38-20-51-41(57-38)24-65-37-17-40(59(22-37)50(64)43(28(3)4)48-56-29(5)23-66-48)47(62)53-19-33-10-14-35(15-11-33)45-31(7)55-26-68-45/h8-15,20,23,25-28,36-37,39-40,42-43,60H,16-19,21-22,24H2,1-7H3,(H,51,57)(H,52,61)(H,53,62)/t36-,37-,39+,40+,42-,43-/m1/s1. The van der Waals surface area contributed by atoms with Crippen LogP contribution in [0.1, 0.15) is 98.0 Å². The van der Waals surface area contributed by atoms with E-state index >= 15 is 0 Å². The Balaban J connectivity index is 0.915. The van der Waals surface area contributed by atoms with Crippen LogP contribution in [0.5, 0.6) is 0 Å². The Morgan fingerprint density at radius 3 is 1.79 bits per heavy atom. The maximum atomic E-state index is 14.4. The Hall–Kier alpha value is -6.08. The number of nitrogens with one attached hydrogen (secondary N) is 3. The van der Waals surface area contributed by atoms with Crippen LogP contribution in [0, 0.1) is 32.6 Å². The number of rotatable bonds is 17. The minimum absolute atomic E-state index is 0.0242. The number of imidazole rings is 1. The van der Waals surface area contributed by atoms with E-state index in [2.05, 4.69) is 35.6 Å². The number of thiazole rings is 2. The third kappa shape index (κ3) is 10.8. The van der Waals surface area contributed by atoms with Crippen LogP contribution < -0.4 is 10.6 Å². The summed E-state index contributed by atoms with van der Waals surface area (Å²) in [5.74, 6) is -2.18. The highest BCUT2D eigenvalue weighted by Gasteiger charge is 2.45. The molecule has 4 aromatic heterocycles. The number of likely N-dealkylation sites (tertiary alicyclic amines) is 2. The molecule has 8 rings (SSSR count). The number of carbonyl (C=O) groups is 4. The fourth-order valence-corrected chi connectivity index (χ4v) is 10.8. The number of β-amino-alcohol motifs (C(OH)–C–C–N with tert-alkyl or cyclic N) is 1. The van der Waals surface area contributed by atoms with Gasteiger partial charge in [-0.1, -0.05) is 76.2 Å². The summed E-state index contributed by atoms with van der Waals surface area (Å²) in [6.45, 7) is 14.2. The first-order valence-corrected chi connectivity index (χ1v) is 24.8. The van der Waals surface area contributed by atoms with Crippen molar-refractivity contribution in [3.05, 3.63) is 118 Å². The van der Waals surface area contributed by atoms with E-state index in [4.69, 9.17) is 9.15 Å². The topological polar surface area (TPSA) is 209 Å². The summed E-state index contributed by atoms with van der Waals surface area (Å²) in [5.41, 5.74) is 10.7. The number of hydrogen-bond acceptors (Lipinski definition) is 13. The largest absolute Gasteiger partial charge is 0.448 e. The second-order valence-electron chi connectivity index (χ2n) is 18.5. The summed E-state index contributed by atoms with van der Waals surface area (Å²) in [5, 5.41) is 16.8. The van der Waals surface area contributed by atoms with E-state index in [0.29, 0.717) is 23.1 Å². The van der Waals surface area contributed by atoms with Crippen molar-refractivity contribution in [3.8, 4) is 20.9 Å². The lowest BCUT2D eigenvalue weighted by Gasteiger charge is -2.29. The third-order valence-electron chi connectivity index (χ3n) is 12.8. The van der Waals surface area contributed by atoms with Gasteiger partial charge in [0.1, 0.15) is 36.7 Å². The molecule has 0 saturated carbocycles. The highest BCUT2D eigenvalue weighted by atomic mass is 32.1. The molecule has 0 unspecified atom stereocenters. The zero-order chi connectivity index (χ0) is 48.2. The molecule has 2 fully saturated rings. The van der Waals surface area contributed by atoms with Crippen LogP contribution in [0.15, 0.2) is 76.4 Å². The quantitative estimate of drug-likeness (QED) is 0.0745. The number of aliphatic hydroxyl groups excluding tert-OH is 1. The van der Waals surface area contributed by atoms with Gasteiger partial charge in [-0.2, -0.15) is 0 Å². The van der Waals surface area contributed by atoms with Crippen molar-refractivity contribution >= 4 is 46.3 Å². The van der Waals surface area contributed by atoms with E-state index in [1.54, 1.807) is 40.7 Å². The number of nitrogens with zero attached hydrogens (tertiary/aromatic N) is 6. The highest BCUT2D eigenvalue weighted by molar-refractivity contribution is 7.13. The van der Waals surface area contributed by atoms with Crippen molar-refractivity contribution < 1.29 is 33.4 Å². The van der Waals surface area contributed by atoms with E-state index in [1.165, 1.54) is 11.2 Å². The van der Waals surface area contributed by atoms with Crippen LogP contribution in [0.2, 0.25) is 0 Å². The molecule has 0 spiro atoms. The molecular weight excluding hydrogens is 903 g/mol. The van der Waals surface area contributed by atoms with Crippen LogP contribution in [0.3, 0.4) is 0 Å². The lowest BCUT2D eigenvalue weighted by Crippen LogP contribution is -2.48. The first kappa shape index (κ1) is 48.4. The Morgan fingerprint density at radius 1 is 0.765 bits per heavy atom. The van der Waals surface area contributed by atoms with Crippen LogP contribution in [0.4, 0.5) is 0 Å². The second kappa shape index (κ2) is 21.1. The number of ether oxygens (including phenoxy) is 1. The van der Waals surface area contributed by atoms with Crippen molar-refractivity contribution in [3.63, 3.8) is 0 Å². The fourth-order valence-electron chi connectivity index (χ4n) is 9.17. The monoisotopic (exact) mass is 961 g/mol. The number of amides is 4. The molecule has 18 heteroatoms. The fraction of sp³-hybridized carbons (Fsp3) is 0.440. The molecule has 2 saturated heterocycles. The minimum atomic E-state index is -0.848. The lowest BCUT2D eigenvalue weighted by molar-refractivity contribution is -0.141. The van der Waals surface area contributed by atoms with Crippen LogP contribution in [-0.4, -0.2) is 101 Å². The summed E-state index contributed by atoms with van der Waals surface area (Å²) in [4.78, 5) is 82.8. The molecule has 16 nitrogen and oxygen atoms in total. The average Bonchev–Trinajstić information content (AvgIpc) is 4.19. The molecule has 6 atom stereocenters. The van der Waals surface area contributed by atoms with Gasteiger partial charge in [0.25, 0.3) is 0 Å². The van der Waals surface area contributed by atoms with Gasteiger partial charge in [0.15, 0.2) is 0 Å². The number of aryl methyl sites for hydroxylation is 3. The number of carbonyl (C=O) groups excluding carboxylic acids is 4.